The minimum Gasteiger partial charge on any atom is -0.399 e. The molecule has 0 atom stereocenters. The van der Waals surface area contributed by atoms with Crippen molar-refractivity contribution in [3.8, 4) is 0 Å². The van der Waals surface area contributed by atoms with Crippen LogP contribution in [0.3, 0.4) is 0 Å². The molecule has 0 fully saturated rings. The Labute approximate surface area is 110 Å². The number of nitrogen functional groups attached to an aromatic ring is 1. The van der Waals surface area contributed by atoms with Crippen LogP contribution in [0.1, 0.15) is 10.4 Å². The number of nitrogens with two attached hydrogens (primary N) is 1. The molecule has 2 rings (SSSR count). The van der Waals surface area contributed by atoms with Crippen molar-refractivity contribution < 1.29 is 23.1 Å². The molecule has 7 nitrogen and oxygen atoms in total. The third kappa shape index (κ3) is 2.42. The first-order chi connectivity index (χ1) is 8.98. The van der Waals surface area contributed by atoms with E-state index >= 15 is 0 Å². The molecule has 0 aromatic heterocycles. The first-order valence-electron chi connectivity index (χ1n) is 5.63. The van der Waals surface area contributed by atoms with E-state index in [9.17, 15) is 13.2 Å². The summed E-state index contributed by atoms with van der Waals surface area (Å²) in [7, 11) is -3.84. The third-order valence-electron chi connectivity index (χ3n) is 2.70. The molecule has 3 N–H and O–H groups in total. The summed E-state index contributed by atoms with van der Waals surface area (Å²) in [5, 5.41) is 8.55. The standard InChI is InChI=1S/C11H14N2O5S/c12-8-1-2-9-10(7-8)19(16,17)13(11(9)15)3-5-18-6-4-14/h1-2,7,14H,3-6,12H2. The molecule has 1 aromatic rings. The highest BCUT2D eigenvalue weighted by Gasteiger charge is 2.40. The predicted octanol–water partition coefficient (Wildman–Crippen LogP) is -0.578. The number of rotatable bonds is 5. The van der Waals surface area contributed by atoms with Gasteiger partial charge in [-0.25, -0.2) is 12.7 Å². The normalized spacial score (nSPS) is 16.7. The van der Waals surface area contributed by atoms with Gasteiger partial charge >= 0.3 is 0 Å². The van der Waals surface area contributed by atoms with Crippen LogP contribution < -0.4 is 5.73 Å². The molecule has 0 unspecified atom stereocenters. The Morgan fingerprint density at radius 2 is 2.05 bits per heavy atom. The second-order valence-electron chi connectivity index (χ2n) is 3.97. The van der Waals surface area contributed by atoms with Crippen molar-refractivity contribution in [1.82, 2.24) is 4.31 Å². The van der Waals surface area contributed by atoms with Crippen LogP contribution in [0.5, 0.6) is 0 Å². The number of amides is 1. The van der Waals surface area contributed by atoms with Gasteiger partial charge in [0.25, 0.3) is 15.9 Å². The van der Waals surface area contributed by atoms with E-state index in [2.05, 4.69) is 0 Å². The Kier molecular flexibility index (Phi) is 3.74. The Morgan fingerprint density at radius 1 is 1.32 bits per heavy atom. The van der Waals surface area contributed by atoms with Crippen molar-refractivity contribution in [3.05, 3.63) is 23.8 Å². The first-order valence-corrected chi connectivity index (χ1v) is 7.07. The highest BCUT2D eigenvalue weighted by molar-refractivity contribution is 7.90. The highest BCUT2D eigenvalue weighted by atomic mass is 32.2. The van der Waals surface area contributed by atoms with Crippen molar-refractivity contribution in [3.63, 3.8) is 0 Å². The summed E-state index contributed by atoms with van der Waals surface area (Å²) in [5.41, 5.74) is 5.94. The molecule has 1 aliphatic rings. The van der Waals surface area contributed by atoms with Gasteiger partial charge in [0.05, 0.1) is 31.9 Å². The first kappa shape index (κ1) is 13.8. The molecular weight excluding hydrogens is 272 g/mol. The van der Waals surface area contributed by atoms with E-state index in [0.717, 1.165) is 4.31 Å². The number of carbonyl (C=O) groups is 1. The van der Waals surface area contributed by atoms with Crippen LogP contribution in [0.25, 0.3) is 0 Å². The molecule has 1 aromatic carbocycles. The van der Waals surface area contributed by atoms with Crippen LogP contribution in [-0.4, -0.2) is 50.1 Å². The number of nitrogens with zero attached hydrogens (tertiary/aromatic N) is 1. The summed E-state index contributed by atoms with van der Waals surface area (Å²) in [6.45, 7) is -0.107. The number of aliphatic hydroxyl groups is 1. The Hall–Kier alpha value is -1.64. The van der Waals surface area contributed by atoms with Gasteiger partial charge in [-0.05, 0) is 18.2 Å². The number of hydrogen-bond acceptors (Lipinski definition) is 6. The third-order valence-corrected chi connectivity index (χ3v) is 4.53. The fourth-order valence-corrected chi connectivity index (χ4v) is 3.41. The molecule has 0 aliphatic carbocycles. The fraction of sp³-hybridized carbons (Fsp3) is 0.364. The monoisotopic (exact) mass is 286 g/mol. The zero-order valence-corrected chi connectivity index (χ0v) is 10.9. The lowest BCUT2D eigenvalue weighted by Gasteiger charge is -2.14. The number of ether oxygens (including phenoxy) is 1. The lowest BCUT2D eigenvalue weighted by Crippen LogP contribution is -2.33. The van der Waals surface area contributed by atoms with E-state index < -0.39 is 15.9 Å². The second-order valence-corrected chi connectivity index (χ2v) is 5.80. The van der Waals surface area contributed by atoms with Crippen LogP contribution in [-0.2, 0) is 14.8 Å². The Balaban J connectivity index is 2.23. The molecule has 104 valence electrons. The van der Waals surface area contributed by atoms with Crippen molar-refractivity contribution in [2.45, 2.75) is 4.90 Å². The molecule has 0 bridgehead atoms. The van der Waals surface area contributed by atoms with E-state index in [1.807, 2.05) is 0 Å². The maximum Gasteiger partial charge on any atom is 0.269 e. The van der Waals surface area contributed by atoms with Gasteiger partial charge in [-0.3, -0.25) is 4.79 Å². The summed E-state index contributed by atoms with van der Waals surface area (Å²) >= 11 is 0. The van der Waals surface area contributed by atoms with Gasteiger partial charge in [0.1, 0.15) is 4.90 Å². The maximum atomic E-state index is 12.2. The van der Waals surface area contributed by atoms with Crippen LogP contribution in [0.2, 0.25) is 0 Å². The summed E-state index contributed by atoms with van der Waals surface area (Å²) in [6, 6.07) is 4.16. The number of anilines is 1. The number of hydrogen-bond donors (Lipinski definition) is 2. The molecule has 8 heteroatoms. The van der Waals surface area contributed by atoms with E-state index in [1.165, 1.54) is 18.2 Å². The Morgan fingerprint density at radius 3 is 2.74 bits per heavy atom. The number of benzene rings is 1. The minimum atomic E-state index is -3.84. The average Bonchev–Trinajstić information content (AvgIpc) is 2.54. The molecule has 0 saturated heterocycles. The average molecular weight is 286 g/mol. The SMILES string of the molecule is Nc1ccc2c(c1)S(=O)(=O)N(CCOCCO)C2=O. The van der Waals surface area contributed by atoms with Gasteiger partial charge < -0.3 is 15.6 Å². The van der Waals surface area contributed by atoms with Crippen LogP contribution in [0.4, 0.5) is 5.69 Å². The van der Waals surface area contributed by atoms with E-state index in [-0.39, 0.29) is 42.5 Å². The topological polar surface area (TPSA) is 110 Å². The largest absolute Gasteiger partial charge is 0.399 e. The summed E-state index contributed by atoms with van der Waals surface area (Å²) in [5.74, 6) is -0.581. The zero-order valence-electron chi connectivity index (χ0n) is 10.1. The second kappa shape index (κ2) is 5.16. The van der Waals surface area contributed by atoms with E-state index in [1.54, 1.807) is 0 Å². The van der Waals surface area contributed by atoms with Crippen molar-refractivity contribution in [2.24, 2.45) is 0 Å². The Bertz CT molecular complexity index is 599. The molecular formula is C11H14N2O5S. The molecule has 19 heavy (non-hydrogen) atoms. The van der Waals surface area contributed by atoms with E-state index in [0.29, 0.717) is 0 Å². The van der Waals surface area contributed by atoms with Crippen molar-refractivity contribution in [2.75, 3.05) is 32.1 Å². The zero-order chi connectivity index (χ0) is 14.0. The molecule has 1 amide bonds. The molecule has 1 aliphatic heterocycles. The van der Waals surface area contributed by atoms with E-state index in [4.69, 9.17) is 15.6 Å². The summed E-state index contributed by atoms with van der Waals surface area (Å²) < 4.78 is 30.0. The smallest absolute Gasteiger partial charge is 0.269 e. The molecule has 1 heterocycles. The molecule has 0 radical (unpaired) electrons. The van der Waals surface area contributed by atoms with Crippen LogP contribution in [0.15, 0.2) is 23.1 Å². The summed E-state index contributed by atoms with van der Waals surface area (Å²) in [6.07, 6.45) is 0. The van der Waals surface area contributed by atoms with Gasteiger partial charge in [-0.1, -0.05) is 0 Å². The lowest BCUT2D eigenvalue weighted by atomic mass is 10.2. The van der Waals surface area contributed by atoms with Gasteiger partial charge in [0, 0.05) is 5.69 Å². The van der Waals surface area contributed by atoms with Gasteiger partial charge in [0.2, 0.25) is 0 Å². The molecule has 0 saturated carbocycles. The molecule has 0 spiro atoms. The van der Waals surface area contributed by atoms with Crippen molar-refractivity contribution >= 4 is 21.6 Å². The van der Waals surface area contributed by atoms with Crippen LogP contribution >= 0.6 is 0 Å². The number of aliphatic hydroxyl groups excluding tert-OH is 1. The van der Waals surface area contributed by atoms with Gasteiger partial charge in [-0.15, -0.1) is 0 Å². The van der Waals surface area contributed by atoms with Crippen molar-refractivity contribution in [1.29, 1.82) is 0 Å². The predicted molar refractivity (Wildman–Crippen MR) is 67.0 cm³/mol. The van der Waals surface area contributed by atoms with Gasteiger partial charge in [-0.2, -0.15) is 0 Å². The number of carbonyl (C=O) groups excluding carboxylic acids is 1. The minimum absolute atomic E-state index is 0.0367. The highest BCUT2D eigenvalue weighted by Crippen LogP contribution is 2.31. The number of sulfonamides is 1. The maximum absolute atomic E-state index is 12.2. The quantitative estimate of drug-likeness (QED) is 0.553. The van der Waals surface area contributed by atoms with Gasteiger partial charge in [0.15, 0.2) is 0 Å². The summed E-state index contributed by atoms with van der Waals surface area (Å²) in [4.78, 5) is 11.9. The number of fused-ring (bicyclic) bond motifs is 1. The fourth-order valence-electron chi connectivity index (χ4n) is 1.83. The lowest BCUT2D eigenvalue weighted by molar-refractivity contribution is 0.0717. The van der Waals surface area contributed by atoms with Crippen LogP contribution in [0, 0.1) is 0 Å².